The fraction of sp³-hybridized carbons (Fsp3) is 0.917. The normalized spacial score (nSPS) is 31.4. The highest BCUT2D eigenvalue weighted by Gasteiger charge is 2.40. The van der Waals surface area contributed by atoms with Gasteiger partial charge >= 0.3 is 0 Å². The van der Waals surface area contributed by atoms with Gasteiger partial charge in [-0.15, -0.1) is 0 Å². The maximum absolute atomic E-state index is 11.2. The summed E-state index contributed by atoms with van der Waals surface area (Å²) in [5.41, 5.74) is -0.218. The molecule has 2 nitrogen and oxygen atoms in total. The molecule has 1 fully saturated rings. The van der Waals surface area contributed by atoms with Crippen LogP contribution >= 0.6 is 0 Å². The Morgan fingerprint density at radius 2 is 2.07 bits per heavy atom. The molecule has 1 saturated carbocycles. The molecule has 1 atom stereocenters. The average molecular weight is 198 g/mol. The molecule has 0 aromatic rings. The summed E-state index contributed by atoms with van der Waals surface area (Å²) in [5, 5.41) is 0. The third kappa shape index (κ3) is 2.81. The van der Waals surface area contributed by atoms with Crippen LogP contribution in [0.1, 0.15) is 52.9 Å². The largest absolute Gasteiger partial charge is 0.368 e. The van der Waals surface area contributed by atoms with Crippen LogP contribution in [0.5, 0.6) is 0 Å². The Hall–Kier alpha value is -0.370. The molecule has 1 aliphatic rings. The minimum Gasteiger partial charge on any atom is -0.368 e. The Morgan fingerprint density at radius 1 is 1.36 bits per heavy atom. The second-order valence-corrected chi connectivity index (χ2v) is 5.23. The molecule has 0 saturated heterocycles. The molecule has 0 heterocycles. The van der Waals surface area contributed by atoms with Gasteiger partial charge in [0.2, 0.25) is 0 Å². The standard InChI is InChI=1S/C12H22O2/c1-4-8-14-12(10-13)7-5-6-11(2,3)9-12/h10H,4-9H2,1-3H3. The zero-order valence-corrected chi connectivity index (χ0v) is 9.64. The van der Waals surface area contributed by atoms with Crippen LogP contribution in [0.2, 0.25) is 0 Å². The predicted molar refractivity (Wildman–Crippen MR) is 57.3 cm³/mol. The van der Waals surface area contributed by atoms with E-state index in [0.717, 1.165) is 32.0 Å². The van der Waals surface area contributed by atoms with E-state index in [1.54, 1.807) is 0 Å². The maximum Gasteiger partial charge on any atom is 0.151 e. The predicted octanol–water partition coefficient (Wildman–Crippen LogP) is 2.95. The number of aldehydes is 1. The lowest BCUT2D eigenvalue weighted by Gasteiger charge is -2.41. The molecule has 0 aromatic carbocycles. The molecule has 0 bridgehead atoms. The van der Waals surface area contributed by atoms with Gasteiger partial charge in [-0.3, -0.25) is 0 Å². The van der Waals surface area contributed by atoms with Crippen LogP contribution in [0.4, 0.5) is 0 Å². The molecule has 0 amide bonds. The molecule has 0 spiro atoms. The van der Waals surface area contributed by atoms with Gasteiger partial charge in [0, 0.05) is 6.61 Å². The molecule has 1 rings (SSSR count). The lowest BCUT2D eigenvalue weighted by molar-refractivity contribution is -0.142. The van der Waals surface area contributed by atoms with Crippen molar-refractivity contribution in [2.75, 3.05) is 6.61 Å². The van der Waals surface area contributed by atoms with Crippen LogP contribution in [-0.4, -0.2) is 18.5 Å². The number of ether oxygens (including phenoxy) is 1. The van der Waals surface area contributed by atoms with Crippen molar-refractivity contribution in [3.8, 4) is 0 Å². The van der Waals surface area contributed by atoms with Gasteiger partial charge < -0.3 is 9.53 Å². The second kappa shape index (κ2) is 4.43. The fourth-order valence-corrected chi connectivity index (χ4v) is 2.42. The van der Waals surface area contributed by atoms with Gasteiger partial charge in [-0.05, 0) is 37.5 Å². The van der Waals surface area contributed by atoms with Crippen molar-refractivity contribution < 1.29 is 9.53 Å². The van der Waals surface area contributed by atoms with E-state index < -0.39 is 5.60 Å². The van der Waals surface area contributed by atoms with Crippen molar-refractivity contribution in [1.82, 2.24) is 0 Å². The van der Waals surface area contributed by atoms with E-state index in [-0.39, 0.29) is 5.41 Å². The highest BCUT2D eigenvalue weighted by Crippen LogP contribution is 2.41. The third-order valence-corrected chi connectivity index (χ3v) is 3.04. The molecular weight excluding hydrogens is 176 g/mol. The Morgan fingerprint density at radius 3 is 2.57 bits per heavy atom. The van der Waals surface area contributed by atoms with Crippen molar-refractivity contribution in [1.29, 1.82) is 0 Å². The molecule has 0 aliphatic heterocycles. The van der Waals surface area contributed by atoms with E-state index in [1.807, 2.05) is 0 Å². The van der Waals surface area contributed by atoms with E-state index in [2.05, 4.69) is 20.8 Å². The van der Waals surface area contributed by atoms with Gasteiger partial charge in [-0.2, -0.15) is 0 Å². The van der Waals surface area contributed by atoms with E-state index in [9.17, 15) is 4.79 Å². The van der Waals surface area contributed by atoms with Gasteiger partial charge in [-0.25, -0.2) is 0 Å². The van der Waals surface area contributed by atoms with Crippen LogP contribution in [0.3, 0.4) is 0 Å². The summed E-state index contributed by atoms with van der Waals surface area (Å²) in [7, 11) is 0. The molecular formula is C12H22O2. The van der Waals surface area contributed by atoms with Crippen molar-refractivity contribution in [2.24, 2.45) is 5.41 Å². The van der Waals surface area contributed by atoms with Crippen LogP contribution in [0.25, 0.3) is 0 Å². The SMILES string of the molecule is CCCOC1(C=O)CCCC(C)(C)C1. The molecule has 0 radical (unpaired) electrons. The van der Waals surface area contributed by atoms with E-state index in [1.165, 1.54) is 6.42 Å². The fourth-order valence-electron chi connectivity index (χ4n) is 2.42. The van der Waals surface area contributed by atoms with Gasteiger partial charge in [0.1, 0.15) is 5.60 Å². The van der Waals surface area contributed by atoms with E-state index in [0.29, 0.717) is 6.61 Å². The first-order valence-corrected chi connectivity index (χ1v) is 5.64. The van der Waals surface area contributed by atoms with Crippen molar-refractivity contribution in [3.05, 3.63) is 0 Å². The molecule has 2 heteroatoms. The highest BCUT2D eigenvalue weighted by molar-refractivity contribution is 5.63. The molecule has 1 aliphatic carbocycles. The minimum absolute atomic E-state index is 0.257. The summed E-state index contributed by atoms with van der Waals surface area (Å²) in [6, 6.07) is 0. The summed E-state index contributed by atoms with van der Waals surface area (Å²) in [6.07, 6.45) is 6.11. The monoisotopic (exact) mass is 198 g/mol. The summed E-state index contributed by atoms with van der Waals surface area (Å²) in [6.45, 7) is 7.22. The Kier molecular flexibility index (Phi) is 3.71. The number of carbonyl (C=O) groups is 1. The Labute approximate surface area is 87.0 Å². The van der Waals surface area contributed by atoms with Crippen LogP contribution in [-0.2, 0) is 9.53 Å². The summed E-state index contributed by atoms with van der Waals surface area (Å²) < 4.78 is 5.74. The smallest absolute Gasteiger partial charge is 0.151 e. The number of hydrogen-bond acceptors (Lipinski definition) is 2. The first-order valence-electron chi connectivity index (χ1n) is 5.64. The Balaban J connectivity index is 2.63. The first kappa shape index (κ1) is 11.7. The molecule has 82 valence electrons. The van der Waals surface area contributed by atoms with Gasteiger partial charge in [0.05, 0.1) is 0 Å². The molecule has 1 unspecified atom stereocenters. The van der Waals surface area contributed by atoms with Crippen molar-refractivity contribution in [3.63, 3.8) is 0 Å². The lowest BCUT2D eigenvalue weighted by atomic mass is 9.70. The van der Waals surface area contributed by atoms with Crippen molar-refractivity contribution in [2.45, 2.75) is 58.5 Å². The minimum atomic E-state index is -0.474. The van der Waals surface area contributed by atoms with Crippen molar-refractivity contribution >= 4 is 6.29 Å². The van der Waals surface area contributed by atoms with Gasteiger partial charge in [0.25, 0.3) is 0 Å². The molecule has 0 N–H and O–H groups in total. The van der Waals surface area contributed by atoms with Crippen LogP contribution < -0.4 is 0 Å². The number of rotatable bonds is 4. The lowest BCUT2D eigenvalue weighted by Crippen LogP contribution is -2.43. The van der Waals surface area contributed by atoms with E-state index in [4.69, 9.17) is 4.74 Å². The summed E-state index contributed by atoms with van der Waals surface area (Å²) in [5.74, 6) is 0. The summed E-state index contributed by atoms with van der Waals surface area (Å²) in [4.78, 5) is 11.2. The van der Waals surface area contributed by atoms with Gasteiger partial charge in [-0.1, -0.05) is 20.8 Å². The number of hydrogen-bond donors (Lipinski definition) is 0. The van der Waals surface area contributed by atoms with E-state index >= 15 is 0 Å². The quantitative estimate of drug-likeness (QED) is 0.649. The maximum atomic E-state index is 11.2. The number of carbonyl (C=O) groups excluding carboxylic acids is 1. The third-order valence-electron chi connectivity index (χ3n) is 3.04. The average Bonchev–Trinajstić information content (AvgIpc) is 2.13. The van der Waals surface area contributed by atoms with Crippen LogP contribution in [0, 0.1) is 5.41 Å². The zero-order valence-electron chi connectivity index (χ0n) is 9.64. The second-order valence-electron chi connectivity index (χ2n) is 5.23. The zero-order chi connectivity index (χ0) is 10.7. The topological polar surface area (TPSA) is 26.3 Å². The first-order chi connectivity index (χ1) is 6.54. The highest BCUT2D eigenvalue weighted by atomic mass is 16.5. The molecule has 0 aromatic heterocycles. The molecule has 14 heavy (non-hydrogen) atoms. The Bertz CT molecular complexity index is 198. The summed E-state index contributed by atoms with van der Waals surface area (Å²) >= 11 is 0. The van der Waals surface area contributed by atoms with Crippen LogP contribution in [0.15, 0.2) is 0 Å². The van der Waals surface area contributed by atoms with Gasteiger partial charge in [0.15, 0.2) is 6.29 Å².